The highest BCUT2D eigenvalue weighted by molar-refractivity contribution is 7.82. The Kier molecular flexibility index (Phi) is 4.96. The molecule has 1 unspecified atom stereocenters. The van der Waals surface area contributed by atoms with E-state index >= 15 is 0 Å². The fraction of sp³-hybridized carbons (Fsp3) is 0.571. The summed E-state index contributed by atoms with van der Waals surface area (Å²) in [6, 6.07) is 5.96. The van der Waals surface area contributed by atoms with Crippen molar-refractivity contribution in [3.8, 4) is 5.75 Å². The number of likely N-dealkylation sites (N-methyl/N-ethyl adjacent to an activating group) is 1. The lowest BCUT2D eigenvalue weighted by Gasteiger charge is -2.31. The Morgan fingerprint density at radius 1 is 1.26 bits per heavy atom. The van der Waals surface area contributed by atoms with Crippen LogP contribution >= 0.6 is 0 Å². The lowest BCUT2D eigenvalue weighted by atomic mass is 10.2. The minimum absolute atomic E-state index is 0.733. The number of nitrogens with zero attached hydrogens (tertiary/aromatic N) is 2. The summed E-state index contributed by atoms with van der Waals surface area (Å²) >= 11 is 0. The first kappa shape index (κ1) is 14.5. The molecule has 1 aromatic carbocycles. The highest BCUT2D eigenvalue weighted by Gasteiger charge is 2.22. The Morgan fingerprint density at radius 2 is 1.95 bits per heavy atom. The predicted molar refractivity (Wildman–Crippen MR) is 77.9 cm³/mol. The molecule has 106 valence electrons. The first-order valence-corrected chi connectivity index (χ1v) is 7.78. The van der Waals surface area contributed by atoms with Gasteiger partial charge in [-0.15, -0.1) is 0 Å². The molecule has 0 bridgehead atoms. The van der Waals surface area contributed by atoms with E-state index in [2.05, 4.69) is 18.9 Å². The normalized spacial score (nSPS) is 19.3. The van der Waals surface area contributed by atoms with E-state index in [1.54, 1.807) is 7.11 Å². The van der Waals surface area contributed by atoms with Crippen LogP contribution in [0.3, 0.4) is 0 Å². The number of methoxy groups -OCH3 is 1. The number of aryl methyl sites for hydroxylation is 1. The van der Waals surface area contributed by atoms with Gasteiger partial charge in [-0.05, 0) is 31.2 Å². The van der Waals surface area contributed by atoms with E-state index < -0.39 is 11.0 Å². The van der Waals surface area contributed by atoms with Crippen molar-refractivity contribution in [2.24, 2.45) is 0 Å². The van der Waals surface area contributed by atoms with E-state index in [1.165, 1.54) is 5.56 Å². The third-order valence-corrected chi connectivity index (χ3v) is 5.07. The Balaban J connectivity index is 2.18. The summed E-state index contributed by atoms with van der Waals surface area (Å²) in [5.41, 5.74) is 1.20. The maximum atomic E-state index is 12.6. The standard InChI is InChI=1S/C14H22N2O2S/c1-4-12-5-6-14(13(11-12)18-3)19(17)16-9-7-15(2)8-10-16/h5-6,11H,4,7-10H2,1-3H3. The lowest BCUT2D eigenvalue weighted by molar-refractivity contribution is 0.228. The molecule has 4 nitrogen and oxygen atoms in total. The van der Waals surface area contributed by atoms with Crippen molar-refractivity contribution in [3.63, 3.8) is 0 Å². The number of hydrogen-bond acceptors (Lipinski definition) is 3. The third kappa shape index (κ3) is 3.35. The van der Waals surface area contributed by atoms with Gasteiger partial charge in [0.1, 0.15) is 16.7 Å². The van der Waals surface area contributed by atoms with Gasteiger partial charge in [-0.3, -0.25) is 0 Å². The van der Waals surface area contributed by atoms with Gasteiger partial charge in [0.2, 0.25) is 0 Å². The van der Waals surface area contributed by atoms with Crippen molar-refractivity contribution in [2.75, 3.05) is 40.3 Å². The molecule has 1 fully saturated rings. The minimum Gasteiger partial charge on any atom is -0.495 e. The van der Waals surface area contributed by atoms with Crippen LogP contribution in [0.4, 0.5) is 0 Å². The Labute approximate surface area is 117 Å². The van der Waals surface area contributed by atoms with E-state index in [9.17, 15) is 4.21 Å². The van der Waals surface area contributed by atoms with Crippen LogP contribution in [0.1, 0.15) is 12.5 Å². The summed E-state index contributed by atoms with van der Waals surface area (Å²) in [7, 11) is 2.61. The molecule has 1 aliphatic heterocycles. The minimum atomic E-state index is -1.12. The molecule has 5 heteroatoms. The van der Waals surface area contributed by atoms with Gasteiger partial charge in [0.25, 0.3) is 0 Å². The van der Waals surface area contributed by atoms with E-state index in [-0.39, 0.29) is 0 Å². The summed E-state index contributed by atoms with van der Waals surface area (Å²) in [5, 5.41) is 0. The van der Waals surface area contributed by atoms with Crippen molar-refractivity contribution >= 4 is 11.0 Å². The number of piperazine rings is 1. The zero-order valence-electron chi connectivity index (χ0n) is 11.9. The molecule has 1 atom stereocenters. The molecule has 1 aliphatic rings. The van der Waals surface area contributed by atoms with Gasteiger partial charge < -0.3 is 9.64 Å². The van der Waals surface area contributed by atoms with Crippen LogP contribution in [-0.4, -0.2) is 53.8 Å². The fourth-order valence-electron chi connectivity index (χ4n) is 2.17. The molecule has 0 N–H and O–H groups in total. The molecular weight excluding hydrogens is 260 g/mol. The molecule has 0 aliphatic carbocycles. The van der Waals surface area contributed by atoms with Crippen LogP contribution in [0.5, 0.6) is 5.75 Å². The molecular formula is C14H22N2O2S. The van der Waals surface area contributed by atoms with Crippen LogP contribution in [0.15, 0.2) is 23.1 Å². The highest BCUT2D eigenvalue weighted by atomic mass is 32.2. The molecule has 0 aromatic heterocycles. The Morgan fingerprint density at radius 3 is 2.53 bits per heavy atom. The average molecular weight is 282 g/mol. The quantitative estimate of drug-likeness (QED) is 0.839. The third-order valence-electron chi connectivity index (χ3n) is 3.52. The molecule has 0 saturated carbocycles. The van der Waals surface area contributed by atoms with Crippen LogP contribution in [0, 0.1) is 0 Å². The first-order valence-electron chi connectivity index (χ1n) is 6.68. The van der Waals surface area contributed by atoms with Crippen LogP contribution in [0.25, 0.3) is 0 Å². The zero-order valence-corrected chi connectivity index (χ0v) is 12.7. The van der Waals surface area contributed by atoms with Gasteiger partial charge in [0.15, 0.2) is 0 Å². The molecule has 19 heavy (non-hydrogen) atoms. The maximum Gasteiger partial charge on any atom is 0.136 e. The molecule has 1 heterocycles. The summed E-state index contributed by atoms with van der Waals surface area (Å²) in [6.45, 7) is 5.69. The van der Waals surface area contributed by atoms with Crippen LogP contribution < -0.4 is 4.74 Å². The largest absolute Gasteiger partial charge is 0.495 e. The monoisotopic (exact) mass is 282 g/mol. The van der Waals surface area contributed by atoms with Gasteiger partial charge in [0.05, 0.1) is 12.0 Å². The molecule has 0 spiro atoms. The average Bonchev–Trinajstić information content (AvgIpc) is 2.46. The summed E-state index contributed by atoms with van der Waals surface area (Å²) < 4.78 is 20.0. The predicted octanol–water partition coefficient (Wildman–Crippen LogP) is 1.53. The fourth-order valence-corrected chi connectivity index (χ4v) is 3.44. The van der Waals surface area contributed by atoms with Crippen molar-refractivity contribution in [1.82, 2.24) is 9.21 Å². The number of rotatable bonds is 4. The topological polar surface area (TPSA) is 32.8 Å². The van der Waals surface area contributed by atoms with Crippen molar-refractivity contribution in [2.45, 2.75) is 18.2 Å². The van der Waals surface area contributed by atoms with Gasteiger partial charge in [-0.2, -0.15) is 0 Å². The van der Waals surface area contributed by atoms with Crippen molar-refractivity contribution < 1.29 is 8.95 Å². The van der Waals surface area contributed by atoms with Crippen molar-refractivity contribution in [3.05, 3.63) is 23.8 Å². The maximum absolute atomic E-state index is 12.6. The molecule has 1 aromatic rings. The number of benzene rings is 1. The van der Waals surface area contributed by atoms with E-state index in [1.807, 2.05) is 22.5 Å². The Bertz CT molecular complexity index is 457. The number of hydrogen-bond donors (Lipinski definition) is 0. The summed E-state index contributed by atoms with van der Waals surface area (Å²) in [4.78, 5) is 3.04. The molecule has 0 radical (unpaired) electrons. The molecule has 1 saturated heterocycles. The Hall–Kier alpha value is -0.910. The van der Waals surface area contributed by atoms with Gasteiger partial charge >= 0.3 is 0 Å². The molecule has 2 rings (SSSR count). The second kappa shape index (κ2) is 6.50. The van der Waals surface area contributed by atoms with Crippen molar-refractivity contribution in [1.29, 1.82) is 0 Å². The highest BCUT2D eigenvalue weighted by Crippen LogP contribution is 2.26. The molecule has 0 amide bonds. The second-order valence-electron chi connectivity index (χ2n) is 4.82. The smallest absolute Gasteiger partial charge is 0.136 e. The second-order valence-corrected chi connectivity index (χ2v) is 6.27. The van der Waals surface area contributed by atoms with E-state index in [4.69, 9.17) is 4.74 Å². The van der Waals surface area contributed by atoms with Crippen LogP contribution in [0.2, 0.25) is 0 Å². The van der Waals surface area contributed by atoms with Gasteiger partial charge in [-0.25, -0.2) is 8.51 Å². The number of ether oxygens (including phenoxy) is 1. The van der Waals surface area contributed by atoms with Gasteiger partial charge in [0, 0.05) is 26.2 Å². The van der Waals surface area contributed by atoms with E-state index in [0.29, 0.717) is 0 Å². The van der Waals surface area contributed by atoms with Gasteiger partial charge in [-0.1, -0.05) is 13.0 Å². The SMILES string of the molecule is CCc1ccc(S(=O)N2CCN(C)CC2)c(OC)c1. The summed E-state index contributed by atoms with van der Waals surface area (Å²) in [5.74, 6) is 0.733. The lowest BCUT2D eigenvalue weighted by Crippen LogP contribution is -2.45. The zero-order chi connectivity index (χ0) is 13.8. The summed E-state index contributed by atoms with van der Waals surface area (Å²) in [6.07, 6.45) is 0.956. The van der Waals surface area contributed by atoms with E-state index in [0.717, 1.165) is 43.2 Å². The first-order chi connectivity index (χ1) is 9.15. The van der Waals surface area contributed by atoms with Crippen LogP contribution in [-0.2, 0) is 17.4 Å².